The summed E-state index contributed by atoms with van der Waals surface area (Å²) in [5.74, 6) is -0.961. The van der Waals surface area contributed by atoms with Crippen molar-refractivity contribution in [2.45, 2.75) is 25.8 Å². The molecule has 0 aliphatic carbocycles. The van der Waals surface area contributed by atoms with E-state index in [1.165, 1.54) is 4.90 Å². The lowest BCUT2D eigenvalue weighted by molar-refractivity contribution is -0.121. The number of nitrogens with zero attached hydrogens (tertiary/aromatic N) is 1. The standard InChI is InChI=1S/C16H21FN4O2/c17-14-12-5-6-19-8-10(12)3-4-13(14)20-15(22)11-2-1-7-21(9-11)16(18)23/h3-4,11,19H,1-2,5-9H2,(H2,18,23)(H,20,22). The van der Waals surface area contributed by atoms with Gasteiger partial charge in [-0.25, -0.2) is 9.18 Å². The van der Waals surface area contributed by atoms with Gasteiger partial charge in [0.2, 0.25) is 5.91 Å². The number of nitrogens with one attached hydrogen (secondary N) is 2. The summed E-state index contributed by atoms with van der Waals surface area (Å²) >= 11 is 0. The maximum absolute atomic E-state index is 14.6. The maximum atomic E-state index is 14.6. The Balaban J connectivity index is 1.71. The molecule has 6 nitrogen and oxygen atoms in total. The molecule has 23 heavy (non-hydrogen) atoms. The second-order valence-corrected chi connectivity index (χ2v) is 6.10. The van der Waals surface area contributed by atoms with Gasteiger partial charge in [-0.15, -0.1) is 0 Å². The normalized spacial score (nSPS) is 20.7. The third-order valence-electron chi connectivity index (χ3n) is 4.57. The molecule has 2 aliphatic heterocycles. The quantitative estimate of drug-likeness (QED) is 0.765. The lowest BCUT2D eigenvalue weighted by atomic mass is 9.96. The number of hydrogen-bond acceptors (Lipinski definition) is 3. The summed E-state index contributed by atoms with van der Waals surface area (Å²) in [6.45, 7) is 2.24. The molecule has 0 aromatic heterocycles. The molecular formula is C16H21FN4O2. The summed E-state index contributed by atoms with van der Waals surface area (Å²) in [6, 6.07) is 2.93. The maximum Gasteiger partial charge on any atom is 0.314 e. The summed E-state index contributed by atoms with van der Waals surface area (Å²) in [5, 5.41) is 5.87. The smallest absolute Gasteiger partial charge is 0.314 e. The van der Waals surface area contributed by atoms with E-state index in [9.17, 15) is 14.0 Å². The van der Waals surface area contributed by atoms with Crippen molar-refractivity contribution in [2.75, 3.05) is 25.0 Å². The number of carbonyl (C=O) groups excluding carboxylic acids is 2. The molecule has 1 saturated heterocycles. The van der Waals surface area contributed by atoms with Crippen molar-refractivity contribution in [3.05, 3.63) is 29.1 Å². The first-order valence-electron chi connectivity index (χ1n) is 7.92. The lowest BCUT2D eigenvalue weighted by Crippen LogP contribution is -2.46. The SMILES string of the molecule is NC(=O)N1CCCC(C(=O)Nc2ccc3c(c2F)CCNC3)C1. The van der Waals surface area contributed by atoms with E-state index in [1.54, 1.807) is 6.07 Å². The molecule has 2 heterocycles. The van der Waals surface area contributed by atoms with Crippen LogP contribution in [0.5, 0.6) is 0 Å². The Hall–Kier alpha value is -2.15. The Morgan fingerprint density at radius 2 is 2.22 bits per heavy atom. The van der Waals surface area contributed by atoms with Crippen LogP contribution in [0.3, 0.4) is 0 Å². The molecule has 3 amide bonds. The van der Waals surface area contributed by atoms with Crippen LogP contribution in [-0.2, 0) is 17.8 Å². The molecule has 0 spiro atoms. The number of anilines is 1. The van der Waals surface area contributed by atoms with Crippen LogP contribution in [0.1, 0.15) is 24.0 Å². The van der Waals surface area contributed by atoms with Crippen molar-refractivity contribution in [3.8, 4) is 0 Å². The molecule has 124 valence electrons. The average molecular weight is 320 g/mol. The monoisotopic (exact) mass is 320 g/mol. The van der Waals surface area contributed by atoms with Crippen LogP contribution in [0.2, 0.25) is 0 Å². The molecule has 3 rings (SSSR count). The second kappa shape index (κ2) is 6.54. The fraction of sp³-hybridized carbons (Fsp3) is 0.500. The summed E-state index contributed by atoms with van der Waals surface area (Å²) in [6.07, 6.45) is 2.01. The lowest BCUT2D eigenvalue weighted by Gasteiger charge is -2.30. The van der Waals surface area contributed by atoms with Crippen LogP contribution in [0.25, 0.3) is 0 Å². The predicted octanol–water partition coefficient (Wildman–Crippen LogP) is 1.20. The highest BCUT2D eigenvalue weighted by Crippen LogP contribution is 2.26. The van der Waals surface area contributed by atoms with Crippen LogP contribution in [-0.4, -0.2) is 36.5 Å². The number of nitrogens with two attached hydrogens (primary N) is 1. The number of urea groups is 1. The Kier molecular flexibility index (Phi) is 4.47. The van der Waals surface area contributed by atoms with E-state index in [1.807, 2.05) is 6.07 Å². The second-order valence-electron chi connectivity index (χ2n) is 6.10. The van der Waals surface area contributed by atoms with Gasteiger partial charge in [-0.05, 0) is 43.0 Å². The predicted molar refractivity (Wildman–Crippen MR) is 84.3 cm³/mol. The highest BCUT2D eigenvalue weighted by Gasteiger charge is 2.28. The molecule has 1 aromatic carbocycles. The van der Waals surface area contributed by atoms with Gasteiger partial charge in [0, 0.05) is 19.6 Å². The number of amides is 3. The zero-order valence-electron chi connectivity index (χ0n) is 12.9. The van der Waals surface area contributed by atoms with Gasteiger partial charge in [0.15, 0.2) is 0 Å². The first kappa shape index (κ1) is 15.7. The van der Waals surface area contributed by atoms with Crippen molar-refractivity contribution < 1.29 is 14.0 Å². The fourth-order valence-corrected chi connectivity index (χ4v) is 3.26. The van der Waals surface area contributed by atoms with Gasteiger partial charge in [0.05, 0.1) is 11.6 Å². The zero-order chi connectivity index (χ0) is 16.4. The highest BCUT2D eigenvalue weighted by molar-refractivity contribution is 5.93. The summed E-state index contributed by atoms with van der Waals surface area (Å²) in [7, 11) is 0. The minimum Gasteiger partial charge on any atom is -0.351 e. The first-order chi connectivity index (χ1) is 11.1. The Morgan fingerprint density at radius 1 is 1.39 bits per heavy atom. The molecule has 0 radical (unpaired) electrons. The molecule has 0 saturated carbocycles. The third-order valence-corrected chi connectivity index (χ3v) is 4.57. The van der Waals surface area contributed by atoms with Crippen molar-refractivity contribution in [1.82, 2.24) is 10.2 Å². The number of primary amides is 1. The highest BCUT2D eigenvalue weighted by atomic mass is 19.1. The van der Waals surface area contributed by atoms with Gasteiger partial charge < -0.3 is 21.3 Å². The van der Waals surface area contributed by atoms with Crippen LogP contribution < -0.4 is 16.4 Å². The van der Waals surface area contributed by atoms with Gasteiger partial charge in [-0.1, -0.05) is 6.07 Å². The Labute approximate surface area is 134 Å². The van der Waals surface area contributed by atoms with Gasteiger partial charge in [-0.3, -0.25) is 4.79 Å². The molecule has 4 N–H and O–H groups in total. The van der Waals surface area contributed by atoms with Crippen molar-refractivity contribution in [3.63, 3.8) is 0 Å². The van der Waals surface area contributed by atoms with E-state index in [0.29, 0.717) is 31.5 Å². The largest absolute Gasteiger partial charge is 0.351 e. The number of halogens is 1. The van der Waals surface area contributed by atoms with Crippen LogP contribution in [0.4, 0.5) is 14.9 Å². The molecule has 0 bridgehead atoms. The fourth-order valence-electron chi connectivity index (χ4n) is 3.26. The molecule has 1 aromatic rings. The zero-order valence-corrected chi connectivity index (χ0v) is 12.9. The topological polar surface area (TPSA) is 87.5 Å². The number of fused-ring (bicyclic) bond motifs is 1. The van der Waals surface area contributed by atoms with Crippen LogP contribution >= 0.6 is 0 Å². The van der Waals surface area contributed by atoms with Crippen molar-refractivity contribution in [1.29, 1.82) is 0 Å². The molecule has 2 aliphatic rings. The number of likely N-dealkylation sites (tertiary alicyclic amines) is 1. The van der Waals surface area contributed by atoms with Crippen LogP contribution in [0.15, 0.2) is 12.1 Å². The van der Waals surface area contributed by atoms with Gasteiger partial charge >= 0.3 is 6.03 Å². The average Bonchev–Trinajstić information content (AvgIpc) is 2.57. The Morgan fingerprint density at radius 3 is 3.00 bits per heavy atom. The number of carbonyl (C=O) groups is 2. The van der Waals surface area contributed by atoms with E-state index >= 15 is 0 Å². The summed E-state index contributed by atoms with van der Waals surface area (Å²) in [5.41, 5.74) is 7.09. The minimum absolute atomic E-state index is 0.215. The minimum atomic E-state index is -0.519. The molecule has 1 fully saturated rings. The molecule has 1 atom stereocenters. The summed E-state index contributed by atoms with van der Waals surface area (Å²) in [4.78, 5) is 25.1. The summed E-state index contributed by atoms with van der Waals surface area (Å²) < 4.78 is 14.6. The third kappa shape index (κ3) is 3.29. The van der Waals surface area contributed by atoms with E-state index in [4.69, 9.17) is 5.73 Å². The van der Waals surface area contributed by atoms with E-state index in [-0.39, 0.29) is 29.9 Å². The van der Waals surface area contributed by atoms with Crippen LogP contribution in [0, 0.1) is 11.7 Å². The molecule has 1 unspecified atom stereocenters. The number of rotatable bonds is 2. The van der Waals surface area contributed by atoms with Gasteiger partial charge in [-0.2, -0.15) is 0 Å². The first-order valence-corrected chi connectivity index (χ1v) is 7.92. The van der Waals surface area contributed by atoms with E-state index in [0.717, 1.165) is 18.5 Å². The Bertz CT molecular complexity index is 635. The van der Waals surface area contributed by atoms with E-state index in [2.05, 4.69) is 10.6 Å². The molecule has 7 heteroatoms. The number of hydrogen-bond donors (Lipinski definition) is 3. The molecular weight excluding hydrogens is 299 g/mol. The van der Waals surface area contributed by atoms with Gasteiger partial charge in [0.1, 0.15) is 5.82 Å². The number of benzene rings is 1. The number of piperidine rings is 1. The van der Waals surface area contributed by atoms with Crippen molar-refractivity contribution in [2.24, 2.45) is 11.7 Å². The van der Waals surface area contributed by atoms with E-state index < -0.39 is 6.03 Å². The van der Waals surface area contributed by atoms with Gasteiger partial charge in [0.25, 0.3) is 0 Å². The van der Waals surface area contributed by atoms with Crippen molar-refractivity contribution >= 4 is 17.6 Å².